The Labute approximate surface area is 120 Å². The fraction of sp³-hybridized carbons (Fsp3) is 0.625. The maximum Gasteiger partial charge on any atom is 0.190 e. The first kappa shape index (κ1) is 14.0. The summed E-state index contributed by atoms with van der Waals surface area (Å²) >= 11 is 0. The third-order valence-corrected chi connectivity index (χ3v) is 3.76. The summed E-state index contributed by atoms with van der Waals surface area (Å²) in [6, 6.07) is 10.1. The topological polar surface area (TPSA) is 36.9 Å². The zero-order chi connectivity index (χ0) is 14.4. The van der Waals surface area contributed by atoms with Crippen molar-refractivity contribution in [3.05, 3.63) is 35.9 Å². The molecule has 2 aliphatic rings. The average Bonchev–Trinajstić information content (AvgIpc) is 2.75. The molecule has 2 aliphatic heterocycles. The van der Waals surface area contributed by atoms with Crippen LogP contribution in [0.3, 0.4) is 0 Å². The third-order valence-electron chi connectivity index (χ3n) is 3.76. The minimum atomic E-state index is -0.611. The van der Waals surface area contributed by atoms with Gasteiger partial charge in [-0.3, -0.25) is 0 Å². The predicted octanol–water partition coefficient (Wildman–Crippen LogP) is 2.86. The van der Waals surface area contributed by atoms with E-state index in [2.05, 4.69) is 12.1 Å². The fourth-order valence-electron chi connectivity index (χ4n) is 2.87. The van der Waals surface area contributed by atoms with Gasteiger partial charge in [0.1, 0.15) is 12.2 Å². The number of hydrogen-bond acceptors (Lipinski definition) is 4. The molecular weight excluding hydrogens is 256 g/mol. The van der Waals surface area contributed by atoms with Crippen LogP contribution >= 0.6 is 0 Å². The summed E-state index contributed by atoms with van der Waals surface area (Å²) in [5.74, 6) is -0.611. The summed E-state index contributed by atoms with van der Waals surface area (Å²) in [5.41, 5.74) is 0.727. The van der Waals surface area contributed by atoms with E-state index in [9.17, 15) is 0 Å². The first-order chi connectivity index (χ1) is 9.37. The maximum atomic E-state index is 6.08. The van der Waals surface area contributed by atoms with Crippen LogP contribution < -0.4 is 0 Å². The summed E-state index contributed by atoms with van der Waals surface area (Å²) in [6.45, 7) is 8.37. The van der Waals surface area contributed by atoms with Crippen molar-refractivity contribution in [3.8, 4) is 0 Å². The molecule has 4 heteroatoms. The van der Waals surface area contributed by atoms with Crippen LogP contribution in [-0.2, 0) is 25.6 Å². The van der Waals surface area contributed by atoms with Gasteiger partial charge in [-0.05, 0) is 33.3 Å². The minimum absolute atomic E-state index is 0.144. The van der Waals surface area contributed by atoms with Crippen LogP contribution in [0.15, 0.2) is 30.3 Å². The molecule has 0 aliphatic carbocycles. The molecule has 3 rings (SSSR count). The van der Waals surface area contributed by atoms with Crippen molar-refractivity contribution in [1.82, 2.24) is 0 Å². The molecule has 0 bridgehead atoms. The molecule has 2 fully saturated rings. The zero-order valence-corrected chi connectivity index (χ0v) is 12.5. The van der Waals surface area contributed by atoms with Crippen molar-refractivity contribution in [2.24, 2.45) is 0 Å². The van der Waals surface area contributed by atoms with E-state index in [1.165, 1.54) is 0 Å². The van der Waals surface area contributed by atoms with E-state index in [-0.39, 0.29) is 18.5 Å². The van der Waals surface area contributed by atoms with Gasteiger partial charge in [-0.2, -0.15) is 0 Å². The monoisotopic (exact) mass is 278 g/mol. The molecule has 0 N–H and O–H groups in total. The Morgan fingerprint density at radius 3 is 2.40 bits per heavy atom. The van der Waals surface area contributed by atoms with Crippen molar-refractivity contribution in [2.45, 2.75) is 64.2 Å². The molecule has 1 aromatic rings. The van der Waals surface area contributed by atoms with Crippen LogP contribution in [0.5, 0.6) is 0 Å². The Morgan fingerprint density at radius 2 is 1.70 bits per heavy atom. The first-order valence-electron chi connectivity index (χ1n) is 7.06. The van der Waals surface area contributed by atoms with Crippen LogP contribution in [0.1, 0.15) is 33.3 Å². The van der Waals surface area contributed by atoms with Crippen LogP contribution in [0.25, 0.3) is 0 Å². The fourth-order valence-corrected chi connectivity index (χ4v) is 2.87. The van der Waals surface area contributed by atoms with Gasteiger partial charge in [-0.25, -0.2) is 0 Å². The van der Waals surface area contributed by atoms with Gasteiger partial charge in [0.25, 0.3) is 0 Å². The van der Waals surface area contributed by atoms with Gasteiger partial charge in [0.15, 0.2) is 12.1 Å². The molecule has 2 heterocycles. The third kappa shape index (κ3) is 2.61. The molecule has 0 amide bonds. The van der Waals surface area contributed by atoms with Gasteiger partial charge in [0, 0.05) is 0 Å². The van der Waals surface area contributed by atoms with E-state index >= 15 is 0 Å². The predicted molar refractivity (Wildman–Crippen MR) is 74.0 cm³/mol. The second-order valence-electron chi connectivity index (χ2n) is 6.41. The lowest BCUT2D eigenvalue weighted by Gasteiger charge is -2.30. The van der Waals surface area contributed by atoms with Gasteiger partial charge in [0.05, 0.1) is 12.2 Å². The Bertz CT molecular complexity index is 469. The van der Waals surface area contributed by atoms with Crippen molar-refractivity contribution >= 4 is 0 Å². The number of benzene rings is 1. The molecule has 2 saturated heterocycles. The van der Waals surface area contributed by atoms with E-state index in [1.54, 1.807) is 0 Å². The average molecular weight is 278 g/mol. The molecule has 3 atom stereocenters. The Balaban J connectivity index is 1.70. The van der Waals surface area contributed by atoms with Crippen molar-refractivity contribution in [1.29, 1.82) is 0 Å². The molecule has 1 aromatic carbocycles. The number of fused-ring (bicyclic) bond motifs is 1. The summed E-state index contributed by atoms with van der Waals surface area (Å²) in [7, 11) is 0. The smallest absolute Gasteiger partial charge is 0.190 e. The summed E-state index contributed by atoms with van der Waals surface area (Å²) < 4.78 is 23.7. The van der Waals surface area contributed by atoms with E-state index < -0.39 is 11.4 Å². The molecule has 0 unspecified atom stereocenters. The second-order valence-corrected chi connectivity index (χ2v) is 6.41. The van der Waals surface area contributed by atoms with Gasteiger partial charge in [0.2, 0.25) is 0 Å². The van der Waals surface area contributed by atoms with Gasteiger partial charge < -0.3 is 18.9 Å². The Morgan fingerprint density at radius 1 is 1.00 bits per heavy atom. The molecule has 20 heavy (non-hydrogen) atoms. The van der Waals surface area contributed by atoms with Crippen LogP contribution in [0.2, 0.25) is 0 Å². The highest BCUT2D eigenvalue weighted by Gasteiger charge is 2.58. The lowest BCUT2D eigenvalue weighted by molar-refractivity contribution is -0.237. The van der Waals surface area contributed by atoms with Crippen LogP contribution in [0, 0.1) is 0 Å². The standard InChI is InChI=1S/C16H22O4/c1-15(2)13(17-10-11-8-6-5-7-9-11)12-14(19-15)20-16(3,4)18-12/h5-9,12-14H,10H2,1-4H3/t12-,13-,14-/m1/s1. The highest BCUT2D eigenvalue weighted by Crippen LogP contribution is 2.43. The molecule has 0 radical (unpaired) electrons. The summed E-state index contributed by atoms with van der Waals surface area (Å²) in [4.78, 5) is 0. The summed E-state index contributed by atoms with van der Waals surface area (Å²) in [6.07, 6.45) is -0.668. The lowest BCUT2D eigenvalue weighted by Crippen LogP contribution is -2.42. The van der Waals surface area contributed by atoms with Crippen LogP contribution in [0.4, 0.5) is 0 Å². The highest BCUT2D eigenvalue weighted by atomic mass is 16.8. The maximum absolute atomic E-state index is 6.08. The van der Waals surface area contributed by atoms with E-state index in [1.807, 2.05) is 45.9 Å². The van der Waals surface area contributed by atoms with Gasteiger partial charge in [-0.15, -0.1) is 0 Å². The SMILES string of the molecule is CC1(C)O[C@H]2OC(C)(C)[C@H](OCc3ccccc3)[C@H]2O1. The Hall–Kier alpha value is -0.940. The van der Waals surface area contributed by atoms with Gasteiger partial charge in [-0.1, -0.05) is 30.3 Å². The van der Waals surface area contributed by atoms with Gasteiger partial charge >= 0.3 is 0 Å². The Kier molecular flexibility index (Phi) is 3.37. The van der Waals surface area contributed by atoms with Crippen molar-refractivity contribution < 1.29 is 18.9 Å². The number of ether oxygens (including phenoxy) is 4. The van der Waals surface area contributed by atoms with E-state index in [4.69, 9.17) is 18.9 Å². The quantitative estimate of drug-likeness (QED) is 0.852. The zero-order valence-electron chi connectivity index (χ0n) is 12.5. The molecule has 110 valence electrons. The number of hydrogen-bond donors (Lipinski definition) is 0. The summed E-state index contributed by atoms with van der Waals surface area (Å²) in [5, 5.41) is 0. The first-order valence-corrected chi connectivity index (χ1v) is 7.06. The van der Waals surface area contributed by atoms with E-state index in [0.29, 0.717) is 6.61 Å². The molecule has 0 spiro atoms. The molecule has 0 saturated carbocycles. The normalized spacial score (nSPS) is 34.1. The van der Waals surface area contributed by atoms with Crippen molar-refractivity contribution in [2.75, 3.05) is 0 Å². The second kappa shape index (κ2) is 4.81. The largest absolute Gasteiger partial charge is 0.368 e. The molecular formula is C16H22O4. The van der Waals surface area contributed by atoms with Crippen LogP contribution in [-0.4, -0.2) is 29.9 Å². The number of rotatable bonds is 3. The van der Waals surface area contributed by atoms with Crippen molar-refractivity contribution in [3.63, 3.8) is 0 Å². The molecule has 4 nitrogen and oxygen atoms in total. The highest BCUT2D eigenvalue weighted by molar-refractivity contribution is 5.13. The lowest BCUT2D eigenvalue weighted by atomic mass is 10.00. The molecule has 0 aromatic heterocycles. The van der Waals surface area contributed by atoms with E-state index in [0.717, 1.165) is 5.56 Å². The minimum Gasteiger partial charge on any atom is -0.368 e.